The number of aliphatic imine (C=N–C) groups is 1. The Morgan fingerprint density at radius 1 is 1.20 bits per heavy atom. The molecule has 0 unspecified atom stereocenters. The second-order valence-corrected chi connectivity index (χ2v) is 5.50. The fourth-order valence-electron chi connectivity index (χ4n) is 2.84. The monoisotopic (exact) mass is 285 g/mol. The second-order valence-electron chi connectivity index (χ2n) is 5.50. The predicted molar refractivity (Wildman–Crippen MR) is 83.3 cm³/mol. The molecule has 5 nitrogen and oxygen atoms in total. The van der Waals surface area contributed by atoms with Gasteiger partial charge in [0, 0.05) is 40.5 Å². The molecular formula is C15H31N3O2. The number of hydrogen-bond acceptors (Lipinski definition) is 3. The van der Waals surface area contributed by atoms with Crippen LogP contribution in [0, 0.1) is 5.41 Å². The number of methoxy groups -OCH3 is 1. The highest BCUT2D eigenvalue weighted by molar-refractivity contribution is 5.79. The van der Waals surface area contributed by atoms with Gasteiger partial charge < -0.3 is 20.1 Å². The van der Waals surface area contributed by atoms with E-state index in [4.69, 9.17) is 9.47 Å². The molecule has 0 aromatic rings. The lowest BCUT2D eigenvalue weighted by atomic mass is 9.83. The van der Waals surface area contributed by atoms with E-state index in [9.17, 15) is 0 Å². The predicted octanol–water partition coefficient (Wildman–Crippen LogP) is 1.78. The van der Waals surface area contributed by atoms with Gasteiger partial charge in [-0.05, 0) is 31.6 Å². The van der Waals surface area contributed by atoms with Crippen molar-refractivity contribution in [2.24, 2.45) is 10.4 Å². The summed E-state index contributed by atoms with van der Waals surface area (Å²) in [6.45, 7) is 6.09. The molecule has 0 bridgehead atoms. The van der Waals surface area contributed by atoms with Crippen LogP contribution in [0.25, 0.3) is 0 Å². The topological polar surface area (TPSA) is 54.9 Å². The lowest BCUT2D eigenvalue weighted by molar-refractivity contribution is 0.138. The molecule has 5 heteroatoms. The van der Waals surface area contributed by atoms with E-state index in [0.717, 1.165) is 38.7 Å². The number of rotatable bonds is 9. The summed E-state index contributed by atoms with van der Waals surface area (Å²) < 4.78 is 10.6. The van der Waals surface area contributed by atoms with Gasteiger partial charge in [-0.25, -0.2) is 0 Å². The molecule has 0 saturated heterocycles. The van der Waals surface area contributed by atoms with Crippen LogP contribution in [0.4, 0.5) is 0 Å². The normalized spacial score (nSPS) is 18.2. The molecule has 0 heterocycles. The van der Waals surface area contributed by atoms with Crippen molar-refractivity contribution in [3.05, 3.63) is 0 Å². The Bertz CT molecular complexity index is 276. The first-order valence-electron chi connectivity index (χ1n) is 7.77. The van der Waals surface area contributed by atoms with Gasteiger partial charge in [0.1, 0.15) is 0 Å². The third-order valence-corrected chi connectivity index (χ3v) is 4.10. The molecule has 1 aliphatic carbocycles. The molecule has 0 aromatic heterocycles. The van der Waals surface area contributed by atoms with Crippen molar-refractivity contribution in [2.75, 3.05) is 47.1 Å². The average Bonchev–Trinajstić information content (AvgIpc) is 2.94. The minimum absolute atomic E-state index is 0.382. The molecule has 1 saturated carbocycles. The third-order valence-electron chi connectivity index (χ3n) is 4.10. The van der Waals surface area contributed by atoms with Crippen molar-refractivity contribution >= 4 is 5.96 Å². The summed E-state index contributed by atoms with van der Waals surface area (Å²) in [5, 5.41) is 6.75. The standard InChI is InChI=1S/C15H31N3O2/c1-4-20-12-10-17-14(16-2)18-13-15(9-11-19-3)7-5-6-8-15/h4-13H2,1-3H3,(H2,16,17,18). The van der Waals surface area contributed by atoms with Gasteiger partial charge in [0.05, 0.1) is 6.61 Å². The van der Waals surface area contributed by atoms with Crippen LogP contribution in [0.2, 0.25) is 0 Å². The van der Waals surface area contributed by atoms with Crippen molar-refractivity contribution in [2.45, 2.75) is 39.0 Å². The van der Waals surface area contributed by atoms with Crippen LogP contribution < -0.4 is 10.6 Å². The average molecular weight is 285 g/mol. The van der Waals surface area contributed by atoms with E-state index in [-0.39, 0.29) is 0 Å². The summed E-state index contributed by atoms with van der Waals surface area (Å²) in [5.41, 5.74) is 0.382. The number of guanidine groups is 1. The Morgan fingerprint density at radius 3 is 2.55 bits per heavy atom. The smallest absolute Gasteiger partial charge is 0.191 e. The van der Waals surface area contributed by atoms with Crippen LogP contribution >= 0.6 is 0 Å². The molecule has 1 aliphatic rings. The summed E-state index contributed by atoms with van der Waals surface area (Å²) in [6.07, 6.45) is 6.38. The quantitative estimate of drug-likeness (QED) is 0.385. The van der Waals surface area contributed by atoms with Crippen LogP contribution in [-0.2, 0) is 9.47 Å². The lowest BCUT2D eigenvalue weighted by Gasteiger charge is -2.29. The summed E-state index contributed by atoms with van der Waals surface area (Å²) in [4.78, 5) is 4.27. The fourth-order valence-corrected chi connectivity index (χ4v) is 2.84. The minimum atomic E-state index is 0.382. The van der Waals surface area contributed by atoms with E-state index < -0.39 is 0 Å². The molecule has 2 N–H and O–H groups in total. The highest BCUT2D eigenvalue weighted by Crippen LogP contribution is 2.40. The number of nitrogens with zero attached hydrogens (tertiary/aromatic N) is 1. The lowest BCUT2D eigenvalue weighted by Crippen LogP contribution is -2.44. The maximum absolute atomic E-state index is 5.32. The molecule has 0 atom stereocenters. The van der Waals surface area contributed by atoms with Crippen LogP contribution in [0.15, 0.2) is 4.99 Å². The largest absolute Gasteiger partial charge is 0.385 e. The first-order chi connectivity index (χ1) is 9.76. The van der Waals surface area contributed by atoms with E-state index in [2.05, 4.69) is 15.6 Å². The van der Waals surface area contributed by atoms with Crippen LogP contribution in [0.1, 0.15) is 39.0 Å². The maximum Gasteiger partial charge on any atom is 0.191 e. The molecule has 0 aliphatic heterocycles. The Kier molecular flexibility index (Phi) is 8.62. The first-order valence-corrected chi connectivity index (χ1v) is 7.77. The van der Waals surface area contributed by atoms with Crippen LogP contribution in [-0.4, -0.2) is 53.0 Å². The van der Waals surface area contributed by atoms with Crippen molar-refractivity contribution in [3.8, 4) is 0 Å². The zero-order valence-corrected chi connectivity index (χ0v) is 13.3. The van der Waals surface area contributed by atoms with E-state index in [0.29, 0.717) is 12.0 Å². The summed E-state index contributed by atoms with van der Waals surface area (Å²) >= 11 is 0. The molecular weight excluding hydrogens is 254 g/mol. The van der Waals surface area contributed by atoms with Gasteiger partial charge in [-0.3, -0.25) is 4.99 Å². The van der Waals surface area contributed by atoms with Crippen LogP contribution in [0.3, 0.4) is 0 Å². The molecule has 0 amide bonds. The summed E-state index contributed by atoms with van der Waals surface area (Å²) in [5.74, 6) is 0.869. The summed E-state index contributed by atoms with van der Waals surface area (Å²) in [7, 11) is 3.59. The fraction of sp³-hybridized carbons (Fsp3) is 0.933. The Labute approximate surface area is 123 Å². The molecule has 0 radical (unpaired) electrons. The highest BCUT2D eigenvalue weighted by Gasteiger charge is 2.33. The molecule has 118 valence electrons. The summed E-state index contributed by atoms with van der Waals surface area (Å²) in [6, 6.07) is 0. The number of nitrogens with one attached hydrogen (secondary N) is 2. The van der Waals surface area contributed by atoms with Crippen molar-refractivity contribution in [1.29, 1.82) is 0 Å². The third kappa shape index (κ3) is 6.09. The van der Waals surface area contributed by atoms with Gasteiger partial charge in [-0.2, -0.15) is 0 Å². The molecule has 0 spiro atoms. The van der Waals surface area contributed by atoms with E-state index in [1.165, 1.54) is 25.7 Å². The minimum Gasteiger partial charge on any atom is -0.385 e. The Hall–Kier alpha value is -0.810. The second kappa shape index (κ2) is 10.00. The van der Waals surface area contributed by atoms with Gasteiger partial charge in [-0.1, -0.05) is 12.8 Å². The van der Waals surface area contributed by atoms with Gasteiger partial charge in [0.2, 0.25) is 0 Å². The maximum atomic E-state index is 5.32. The molecule has 0 aromatic carbocycles. The Balaban J connectivity index is 2.33. The zero-order chi connectivity index (χ0) is 14.7. The van der Waals surface area contributed by atoms with E-state index in [1.807, 2.05) is 14.0 Å². The van der Waals surface area contributed by atoms with Gasteiger partial charge in [0.25, 0.3) is 0 Å². The van der Waals surface area contributed by atoms with Crippen molar-refractivity contribution < 1.29 is 9.47 Å². The Morgan fingerprint density at radius 2 is 1.95 bits per heavy atom. The van der Waals surface area contributed by atoms with Gasteiger partial charge in [0.15, 0.2) is 5.96 Å². The van der Waals surface area contributed by atoms with Crippen molar-refractivity contribution in [1.82, 2.24) is 10.6 Å². The van der Waals surface area contributed by atoms with Crippen molar-refractivity contribution in [3.63, 3.8) is 0 Å². The van der Waals surface area contributed by atoms with Gasteiger partial charge >= 0.3 is 0 Å². The molecule has 1 fully saturated rings. The zero-order valence-electron chi connectivity index (χ0n) is 13.3. The number of ether oxygens (including phenoxy) is 2. The van der Waals surface area contributed by atoms with Crippen LogP contribution in [0.5, 0.6) is 0 Å². The van der Waals surface area contributed by atoms with E-state index in [1.54, 1.807) is 7.11 Å². The van der Waals surface area contributed by atoms with E-state index >= 15 is 0 Å². The first kappa shape index (κ1) is 17.2. The SMILES string of the molecule is CCOCCNC(=NC)NCC1(CCOC)CCCC1. The highest BCUT2D eigenvalue weighted by atomic mass is 16.5. The molecule has 20 heavy (non-hydrogen) atoms. The van der Waals surface area contributed by atoms with Gasteiger partial charge in [-0.15, -0.1) is 0 Å². The molecule has 1 rings (SSSR count). The number of hydrogen-bond donors (Lipinski definition) is 2.